The van der Waals surface area contributed by atoms with E-state index in [9.17, 15) is 4.79 Å². The number of rotatable bonds is 5. The maximum Gasteiger partial charge on any atom is 0.233 e. The number of hydrogen-bond donors (Lipinski definition) is 1. The predicted octanol–water partition coefficient (Wildman–Crippen LogP) is 2.52. The molecule has 3 nitrogen and oxygen atoms in total. The normalized spacial score (nSPS) is 11.9. The molecule has 0 aliphatic carbocycles. The summed E-state index contributed by atoms with van der Waals surface area (Å²) >= 11 is 7.29. The van der Waals surface area contributed by atoms with Crippen LogP contribution >= 0.6 is 23.4 Å². The average molecular weight is 257 g/mol. The molecule has 5 heteroatoms. The summed E-state index contributed by atoms with van der Waals surface area (Å²) in [5, 5.41) is 3.73. The molecule has 16 heavy (non-hydrogen) atoms. The SMILES string of the molecule is C=CCNC(=O)[C@@H](C)Sc1ncccc1Cl. The molecule has 1 heterocycles. The Balaban J connectivity index is 2.57. The minimum atomic E-state index is -0.229. The van der Waals surface area contributed by atoms with Gasteiger partial charge in [-0.1, -0.05) is 29.4 Å². The largest absolute Gasteiger partial charge is 0.352 e. The Labute approximate surface area is 104 Å². The monoisotopic (exact) mass is 256 g/mol. The van der Waals surface area contributed by atoms with Crippen molar-refractivity contribution in [3.8, 4) is 0 Å². The second-order valence-corrected chi connectivity index (χ2v) is 4.82. The highest BCUT2D eigenvalue weighted by Gasteiger charge is 2.15. The van der Waals surface area contributed by atoms with Gasteiger partial charge < -0.3 is 5.32 Å². The van der Waals surface area contributed by atoms with Gasteiger partial charge in [-0.05, 0) is 19.1 Å². The molecule has 0 saturated heterocycles. The Morgan fingerprint density at radius 2 is 2.56 bits per heavy atom. The number of nitrogens with zero attached hydrogens (tertiary/aromatic N) is 1. The average Bonchev–Trinajstić information content (AvgIpc) is 2.28. The summed E-state index contributed by atoms with van der Waals surface area (Å²) in [4.78, 5) is 15.7. The van der Waals surface area contributed by atoms with E-state index in [-0.39, 0.29) is 11.2 Å². The number of pyridine rings is 1. The zero-order valence-corrected chi connectivity index (χ0v) is 10.5. The van der Waals surface area contributed by atoms with Crippen LogP contribution in [0.5, 0.6) is 0 Å². The Morgan fingerprint density at radius 1 is 1.81 bits per heavy atom. The third-order valence-corrected chi connectivity index (χ3v) is 3.34. The van der Waals surface area contributed by atoms with E-state index in [1.54, 1.807) is 24.4 Å². The van der Waals surface area contributed by atoms with E-state index < -0.39 is 0 Å². The van der Waals surface area contributed by atoms with Gasteiger partial charge in [0.1, 0.15) is 5.03 Å². The topological polar surface area (TPSA) is 42.0 Å². The third-order valence-electron chi connectivity index (χ3n) is 1.80. The molecule has 0 aliphatic heterocycles. The first-order valence-electron chi connectivity index (χ1n) is 4.81. The van der Waals surface area contributed by atoms with Crippen molar-refractivity contribution in [1.29, 1.82) is 0 Å². The molecule has 0 fully saturated rings. The van der Waals surface area contributed by atoms with Crippen molar-refractivity contribution in [3.63, 3.8) is 0 Å². The zero-order valence-electron chi connectivity index (χ0n) is 8.94. The lowest BCUT2D eigenvalue weighted by Crippen LogP contribution is -2.30. The van der Waals surface area contributed by atoms with Crippen LogP contribution in [0, 0.1) is 0 Å². The van der Waals surface area contributed by atoms with E-state index in [0.717, 1.165) is 0 Å². The van der Waals surface area contributed by atoms with Crippen molar-refractivity contribution in [3.05, 3.63) is 36.0 Å². The lowest BCUT2D eigenvalue weighted by Gasteiger charge is -2.10. The summed E-state index contributed by atoms with van der Waals surface area (Å²) in [7, 11) is 0. The van der Waals surface area contributed by atoms with E-state index in [1.807, 2.05) is 6.92 Å². The predicted molar refractivity (Wildman–Crippen MR) is 67.8 cm³/mol. The van der Waals surface area contributed by atoms with E-state index in [1.165, 1.54) is 11.8 Å². The molecule has 0 bridgehead atoms. The number of carbonyl (C=O) groups is 1. The van der Waals surface area contributed by atoms with Crippen LogP contribution in [-0.4, -0.2) is 22.7 Å². The zero-order chi connectivity index (χ0) is 12.0. The fraction of sp³-hybridized carbons (Fsp3) is 0.273. The number of thioether (sulfide) groups is 1. The van der Waals surface area contributed by atoms with Crippen LogP contribution in [0.1, 0.15) is 6.92 Å². The second-order valence-electron chi connectivity index (χ2n) is 3.08. The third kappa shape index (κ3) is 3.87. The molecule has 1 aromatic heterocycles. The molecule has 0 saturated carbocycles. The highest BCUT2D eigenvalue weighted by molar-refractivity contribution is 8.00. The quantitative estimate of drug-likeness (QED) is 0.650. The lowest BCUT2D eigenvalue weighted by molar-refractivity contribution is -0.120. The van der Waals surface area contributed by atoms with Gasteiger partial charge in [-0.2, -0.15) is 0 Å². The second kappa shape index (κ2) is 6.55. The minimum absolute atomic E-state index is 0.0494. The van der Waals surface area contributed by atoms with Crippen molar-refractivity contribution >= 4 is 29.3 Å². The van der Waals surface area contributed by atoms with Crippen molar-refractivity contribution in [2.75, 3.05) is 6.54 Å². The molecule has 0 unspecified atom stereocenters. The van der Waals surface area contributed by atoms with E-state index >= 15 is 0 Å². The molecule has 1 aromatic rings. The lowest BCUT2D eigenvalue weighted by atomic mass is 10.4. The summed E-state index contributed by atoms with van der Waals surface area (Å²) in [6, 6.07) is 3.51. The van der Waals surface area contributed by atoms with Crippen LogP contribution < -0.4 is 5.32 Å². The van der Waals surface area contributed by atoms with Crippen molar-refractivity contribution in [1.82, 2.24) is 10.3 Å². The highest BCUT2D eigenvalue weighted by Crippen LogP contribution is 2.27. The Morgan fingerprint density at radius 3 is 3.19 bits per heavy atom. The summed E-state index contributed by atoms with van der Waals surface area (Å²) in [5.74, 6) is -0.0494. The maximum atomic E-state index is 11.6. The van der Waals surface area contributed by atoms with Gasteiger partial charge in [0.2, 0.25) is 5.91 Å². The molecule has 0 spiro atoms. The fourth-order valence-electron chi connectivity index (χ4n) is 0.995. The number of amides is 1. The van der Waals surface area contributed by atoms with Crippen LogP contribution in [0.15, 0.2) is 36.0 Å². The number of nitrogens with one attached hydrogen (secondary N) is 1. The standard InChI is InChI=1S/C11H13ClN2OS/c1-3-6-13-10(15)8(2)16-11-9(12)5-4-7-14-11/h3-5,7-8H,1,6H2,2H3,(H,13,15)/t8-/m1/s1. The molecule has 86 valence electrons. The van der Waals surface area contributed by atoms with Crippen LogP contribution in [0.2, 0.25) is 5.02 Å². The van der Waals surface area contributed by atoms with E-state index in [0.29, 0.717) is 16.6 Å². The van der Waals surface area contributed by atoms with Crippen molar-refractivity contribution in [2.24, 2.45) is 0 Å². The minimum Gasteiger partial charge on any atom is -0.352 e. The number of carbonyl (C=O) groups excluding carboxylic acids is 1. The molecule has 0 aromatic carbocycles. The summed E-state index contributed by atoms with van der Waals surface area (Å²) < 4.78 is 0. The molecule has 1 atom stereocenters. The smallest absolute Gasteiger partial charge is 0.233 e. The van der Waals surface area contributed by atoms with Gasteiger partial charge in [0.05, 0.1) is 10.3 Å². The van der Waals surface area contributed by atoms with Gasteiger partial charge in [0, 0.05) is 12.7 Å². The molecule has 0 radical (unpaired) electrons. The Kier molecular flexibility index (Phi) is 5.35. The van der Waals surface area contributed by atoms with Gasteiger partial charge in [-0.15, -0.1) is 6.58 Å². The molecule has 1 N–H and O–H groups in total. The number of halogens is 1. The summed E-state index contributed by atoms with van der Waals surface area (Å²) in [6.07, 6.45) is 3.30. The number of aromatic nitrogens is 1. The summed E-state index contributed by atoms with van der Waals surface area (Å²) in [5.41, 5.74) is 0. The van der Waals surface area contributed by atoms with Gasteiger partial charge in [0.25, 0.3) is 0 Å². The molecular formula is C11H13ClN2OS. The van der Waals surface area contributed by atoms with Crippen LogP contribution in [-0.2, 0) is 4.79 Å². The van der Waals surface area contributed by atoms with Crippen molar-refractivity contribution < 1.29 is 4.79 Å². The van der Waals surface area contributed by atoms with E-state index in [2.05, 4.69) is 16.9 Å². The van der Waals surface area contributed by atoms with Crippen LogP contribution in [0.4, 0.5) is 0 Å². The van der Waals surface area contributed by atoms with Crippen LogP contribution in [0.25, 0.3) is 0 Å². The molecule has 1 amide bonds. The van der Waals surface area contributed by atoms with Gasteiger partial charge >= 0.3 is 0 Å². The number of hydrogen-bond acceptors (Lipinski definition) is 3. The first-order valence-corrected chi connectivity index (χ1v) is 6.06. The van der Waals surface area contributed by atoms with Gasteiger partial charge in [-0.3, -0.25) is 4.79 Å². The van der Waals surface area contributed by atoms with Crippen molar-refractivity contribution in [2.45, 2.75) is 17.2 Å². The first-order chi connectivity index (χ1) is 7.65. The first kappa shape index (κ1) is 13.1. The molecule has 0 aliphatic rings. The van der Waals surface area contributed by atoms with Gasteiger partial charge in [0.15, 0.2) is 0 Å². The Bertz CT molecular complexity index is 384. The molecular weight excluding hydrogens is 244 g/mol. The fourth-order valence-corrected chi connectivity index (χ4v) is 2.08. The van der Waals surface area contributed by atoms with Crippen LogP contribution in [0.3, 0.4) is 0 Å². The maximum absolute atomic E-state index is 11.6. The summed E-state index contributed by atoms with van der Waals surface area (Å²) in [6.45, 7) is 5.82. The highest BCUT2D eigenvalue weighted by atomic mass is 35.5. The van der Waals surface area contributed by atoms with Gasteiger partial charge in [-0.25, -0.2) is 4.98 Å². The van der Waals surface area contributed by atoms with E-state index in [4.69, 9.17) is 11.6 Å². The Hall–Kier alpha value is -1.00. The molecule has 1 rings (SSSR count).